The van der Waals surface area contributed by atoms with Crippen molar-refractivity contribution in [2.75, 3.05) is 6.61 Å². The number of sulfonamides is 1. The van der Waals surface area contributed by atoms with Crippen LogP contribution >= 0.6 is 11.3 Å². The highest BCUT2D eigenvalue weighted by atomic mass is 32.2. The van der Waals surface area contributed by atoms with Crippen molar-refractivity contribution in [2.24, 2.45) is 0 Å². The molecule has 0 saturated heterocycles. The molecular formula is C15H15NO4S2. The average Bonchev–Trinajstić information content (AvgIpc) is 3.06. The highest BCUT2D eigenvalue weighted by Crippen LogP contribution is 2.41. The Morgan fingerprint density at radius 1 is 1.36 bits per heavy atom. The number of ether oxygens (including phenoxy) is 1. The van der Waals surface area contributed by atoms with E-state index >= 15 is 0 Å². The van der Waals surface area contributed by atoms with Crippen molar-refractivity contribution in [3.05, 3.63) is 51.7 Å². The van der Waals surface area contributed by atoms with E-state index in [9.17, 15) is 13.2 Å². The first-order chi connectivity index (χ1) is 10.4. The molecule has 1 atom stereocenters. The van der Waals surface area contributed by atoms with E-state index in [-0.39, 0.29) is 11.5 Å². The van der Waals surface area contributed by atoms with Crippen LogP contribution in [0.3, 0.4) is 0 Å². The molecule has 1 N–H and O–H groups in total. The highest BCUT2D eigenvalue weighted by molar-refractivity contribution is 7.89. The van der Waals surface area contributed by atoms with Gasteiger partial charge in [-0.05, 0) is 60.0 Å². The Balaban J connectivity index is 2.18. The van der Waals surface area contributed by atoms with Crippen LogP contribution in [0, 0.1) is 0 Å². The van der Waals surface area contributed by atoms with Crippen LogP contribution in [0.25, 0.3) is 0 Å². The molecule has 0 amide bonds. The first-order valence-electron chi connectivity index (χ1n) is 6.77. The van der Waals surface area contributed by atoms with Crippen LogP contribution in [0.2, 0.25) is 0 Å². The van der Waals surface area contributed by atoms with Crippen LogP contribution < -0.4 is 4.72 Å². The van der Waals surface area contributed by atoms with Gasteiger partial charge in [-0.1, -0.05) is 0 Å². The summed E-state index contributed by atoms with van der Waals surface area (Å²) in [4.78, 5) is 12.1. The molecule has 116 valence electrons. The fourth-order valence-electron chi connectivity index (χ4n) is 2.64. The van der Waals surface area contributed by atoms with E-state index in [1.807, 2.05) is 16.8 Å². The molecule has 1 aliphatic heterocycles. The molecule has 7 heteroatoms. The van der Waals surface area contributed by atoms with Gasteiger partial charge in [0.15, 0.2) is 0 Å². The Bertz CT molecular complexity index is 827. The monoisotopic (exact) mass is 337 g/mol. The average molecular weight is 337 g/mol. The summed E-state index contributed by atoms with van der Waals surface area (Å²) in [7, 11) is -3.59. The number of rotatable bonds is 3. The molecule has 0 unspecified atom stereocenters. The minimum atomic E-state index is -3.59. The molecule has 22 heavy (non-hydrogen) atoms. The van der Waals surface area contributed by atoms with Crippen LogP contribution in [-0.4, -0.2) is 21.0 Å². The van der Waals surface area contributed by atoms with Crippen LogP contribution in [0.15, 0.2) is 39.9 Å². The number of esters is 1. The van der Waals surface area contributed by atoms with E-state index in [1.54, 1.807) is 19.9 Å². The number of fused-ring (bicyclic) bond motifs is 1. The molecule has 3 rings (SSSR count). The van der Waals surface area contributed by atoms with E-state index in [0.717, 1.165) is 5.56 Å². The fourth-order valence-corrected chi connectivity index (χ4v) is 5.08. The second kappa shape index (κ2) is 5.19. The number of benzene rings is 1. The van der Waals surface area contributed by atoms with Gasteiger partial charge >= 0.3 is 5.97 Å². The number of nitrogens with one attached hydrogen (secondary N) is 1. The molecule has 5 nitrogen and oxygen atoms in total. The lowest BCUT2D eigenvalue weighted by molar-refractivity contribution is 0.0526. The maximum absolute atomic E-state index is 12.3. The van der Waals surface area contributed by atoms with Gasteiger partial charge in [0.1, 0.15) is 0 Å². The molecule has 1 aromatic heterocycles. The van der Waals surface area contributed by atoms with Gasteiger partial charge in [0.05, 0.1) is 22.6 Å². The summed E-state index contributed by atoms with van der Waals surface area (Å²) in [6.07, 6.45) is 0. The third kappa shape index (κ3) is 2.25. The Morgan fingerprint density at radius 2 is 2.14 bits per heavy atom. The van der Waals surface area contributed by atoms with Crippen molar-refractivity contribution in [1.82, 2.24) is 4.72 Å². The standard InChI is InChI=1S/C15H15NO4S2/c1-3-20-14(17)10-4-5-13-12(8-10)15(2,16-22(13,18)19)11-6-7-21-9-11/h4-9,16H,3H2,1-2H3/t15-/m1/s1. The third-order valence-electron chi connectivity index (χ3n) is 3.76. The smallest absolute Gasteiger partial charge is 0.338 e. The Hall–Kier alpha value is -1.70. The molecule has 2 aromatic rings. The second-order valence-corrected chi connectivity index (χ2v) is 7.60. The number of hydrogen-bond acceptors (Lipinski definition) is 5. The molecule has 1 aromatic carbocycles. The van der Waals surface area contributed by atoms with Crippen molar-refractivity contribution >= 4 is 27.3 Å². The van der Waals surface area contributed by atoms with Crippen molar-refractivity contribution in [3.63, 3.8) is 0 Å². The van der Waals surface area contributed by atoms with E-state index in [1.165, 1.54) is 23.5 Å². The van der Waals surface area contributed by atoms with Crippen molar-refractivity contribution in [3.8, 4) is 0 Å². The topological polar surface area (TPSA) is 72.5 Å². The van der Waals surface area contributed by atoms with Gasteiger partial charge in [-0.3, -0.25) is 0 Å². The summed E-state index contributed by atoms with van der Waals surface area (Å²) in [5.41, 5.74) is 0.884. The molecule has 0 saturated carbocycles. The summed E-state index contributed by atoms with van der Waals surface area (Å²) in [6.45, 7) is 3.80. The van der Waals surface area contributed by atoms with Gasteiger partial charge in [-0.2, -0.15) is 16.1 Å². The predicted octanol–water partition coefficient (Wildman–Crippen LogP) is 2.48. The van der Waals surface area contributed by atoms with Gasteiger partial charge in [0.2, 0.25) is 10.0 Å². The summed E-state index contributed by atoms with van der Waals surface area (Å²) in [5.74, 6) is -0.456. The molecular weight excluding hydrogens is 322 g/mol. The van der Waals surface area contributed by atoms with Gasteiger partial charge in [0, 0.05) is 0 Å². The quantitative estimate of drug-likeness (QED) is 0.874. The molecule has 0 aliphatic carbocycles. The Kier molecular flexibility index (Phi) is 3.58. The lowest BCUT2D eigenvalue weighted by Crippen LogP contribution is -2.37. The van der Waals surface area contributed by atoms with Crippen LogP contribution in [-0.2, 0) is 20.3 Å². The number of carbonyl (C=O) groups is 1. The summed E-state index contributed by atoms with van der Waals surface area (Å²) >= 11 is 1.49. The lowest BCUT2D eigenvalue weighted by Gasteiger charge is -2.23. The van der Waals surface area contributed by atoms with Crippen molar-refractivity contribution in [2.45, 2.75) is 24.3 Å². The summed E-state index contributed by atoms with van der Waals surface area (Å²) in [5, 5.41) is 3.79. The van der Waals surface area contributed by atoms with E-state index in [2.05, 4.69) is 4.72 Å². The normalized spacial score (nSPS) is 22.3. The fraction of sp³-hybridized carbons (Fsp3) is 0.267. The third-order valence-corrected chi connectivity index (χ3v) is 6.05. The zero-order chi connectivity index (χ0) is 16.0. The number of carbonyl (C=O) groups excluding carboxylic acids is 1. The molecule has 0 bridgehead atoms. The van der Waals surface area contributed by atoms with Gasteiger partial charge in [-0.25, -0.2) is 13.2 Å². The molecule has 0 fully saturated rings. The second-order valence-electron chi connectivity index (χ2n) is 5.17. The van der Waals surface area contributed by atoms with Gasteiger partial charge in [0.25, 0.3) is 0 Å². The molecule has 0 spiro atoms. The molecule has 1 aliphatic rings. The Morgan fingerprint density at radius 3 is 2.77 bits per heavy atom. The zero-order valence-electron chi connectivity index (χ0n) is 12.1. The minimum absolute atomic E-state index is 0.203. The van der Waals surface area contributed by atoms with Crippen molar-refractivity contribution < 1.29 is 17.9 Å². The molecule has 0 radical (unpaired) electrons. The lowest BCUT2D eigenvalue weighted by atomic mass is 9.86. The van der Waals surface area contributed by atoms with Gasteiger partial charge in [-0.15, -0.1) is 0 Å². The number of thiophene rings is 1. The zero-order valence-corrected chi connectivity index (χ0v) is 13.8. The Labute approximate surface area is 133 Å². The molecule has 2 heterocycles. The van der Waals surface area contributed by atoms with Crippen LogP contribution in [0.4, 0.5) is 0 Å². The maximum Gasteiger partial charge on any atom is 0.338 e. The van der Waals surface area contributed by atoms with E-state index in [4.69, 9.17) is 4.74 Å². The van der Waals surface area contributed by atoms with Crippen LogP contribution in [0.1, 0.15) is 35.3 Å². The summed E-state index contributed by atoms with van der Waals surface area (Å²) < 4.78 is 32.4. The largest absolute Gasteiger partial charge is 0.462 e. The van der Waals surface area contributed by atoms with E-state index in [0.29, 0.717) is 11.1 Å². The first kappa shape index (κ1) is 15.2. The van der Waals surface area contributed by atoms with Crippen molar-refractivity contribution in [1.29, 1.82) is 0 Å². The van der Waals surface area contributed by atoms with Crippen LogP contribution in [0.5, 0.6) is 0 Å². The SMILES string of the molecule is CCOC(=O)c1ccc2c(c1)[C@@](C)(c1ccsc1)NS2(=O)=O. The maximum atomic E-state index is 12.3. The predicted molar refractivity (Wildman–Crippen MR) is 83.5 cm³/mol. The van der Waals surface area contributed by atoms with E-state index < -0.39 is 21.5 Å². The number of hydrogen-bond donors (Lipinski definition) is 1. The summed E-state index contributed by atoms with van der Waals surface area (Å²) in [6, 6.07) is 6.42. The minimum Gasteiger partial charge on any atom is -0.462 e. The first-order valence-corrected chi connectivity index (χ1v) is 9.19. The van der Waals surface area contributed by atoms with Gasteiger partial charge < -0.3 is 4.74 Å². The highest BCUT2D eigenvalue weighted by Gasteiger charge is 2.44.